The van der Waals surface area contributed by atoms with Crippen molar-refractivity contribution >= 4 is 0 Å². The molecule has 0 saturated carbocycles. The molecule has 3 aromatic rings. The molecular weight excluding hydrogens is 234 g/mol. The van der Waals surface area contributed by atoms with Gasteiger partial charge in [0.05, 0.1) is 5.56 Å². The number of aryl methyl sites for hydroxylation is 1. The van der Waals surface area contributed by atoms with E-state index < -0.39 is 0 Å². The minimum Gasteiger partial charge on any atom is -0.360 e. The van der Waals surface area contributed by atoms with Gasteiger partial charge in [0.25, 0.3) is 0 Å². The maximum Gasteiger partial charge on any atom is 0.142 e. The van der Waals surface area contributed by atoms with Gasteiger partial charge in [0.15, 0.2) is 0 Å². The van der Waals surface area contributed by atoms with Crippen molar-refractivity contribution in [3.63, 3.8) is 0 Å². The van der Waals surface area contributed by atoms with Gasteiger partial charge in [-0.3, -0.25) is 0 Å². The Labute approximate surface area is 111 Å². The molecule has 0 saturated heterocycles. The molecule has 0 atom stereocenters. The minimum absolute atomic E-state index is 0.888. The summed E-state index contributed by atoms with van der Waals surface area (Å²) in [5.74, 6) is 0.888. The van der Waals surface area contributed by atoms with Gasteiger partial charge in [0.1, 0.15) is 11.5 Å². The predicted octanol–water partition coefficient (Wildman–Crippen LogP) is 4.22. The topological polar surface area (TPSA) is 26.0 Å². The molecule has 2 heteroatoms. The van der Waals surface area contributed by atoms with E-state index in [1.165, 1.54) is 22.3 Å². The second-order valence-corrected chi connectivity index (χ2v) is 4.95. The number of fused-ring (bicyclic) bond motifs is 5. The molecule has 19 heavy (non-hydrogen) atoms. The zero-order valence-electron chi connectivity index (χ0n) is 10.7. The van der Waals surface area contributed by atoms with Crippen LogP contribution in [-0.2, 0) is 6.42 Å². The van der Waals surface area contributed by atoms with Crippen LogP contribution in [0.5, 0.6) is 0 Å². The lowest BCUT2D eigenvalue weighted by Gasteiger charge is -2.05. The Morgan fingerprint density at radius 1 is 0.895 bits per heavy atom. The molecule has 0 radical (unpaired) electrons. The van der Waals surface area contributed by atoms with Crippen molar-refractivity contribution in [1.29, 1.82) is 0 Å². The van der Waals surface area contributed by atoms with Crippen LogP contribution >= 0.6 is 0 Å². The quantitative estimate of drug-likeness (QED) is 0.465. The van der Waals surface area contributed by atoms with Crippen molar-refractivity contribution in [1.82, 2.24) is 5.16 Å². The molecule has 0 N–H and O–H groups in total. The summed E-state index contributed by atoms with van der Waals surface area (Å²) in [4.78, 5) is 0. The number of benzene rings is 2. The zero-order valence-corrected chi connectivity index (χ0v) is 10.7. The van der Waals surface area contributed by atoms with Gasteiger partial charge in [-0.25, -0.2) is 0 Å². The molecule has 1 heterocycles. The fraction of sp³-hybridized carbons (Fsp3) is 0.118. The van der Waals surface area contributed by atoms with Gasteiger partial charge in [-0.1, -0.05) is 53.7 Å². The van der Waals surface area contributed by atoms with Gasteiger partial charge in [-0.2, -0.15) is 0 Å². The molecule has 0 bridgehead atoms. The summed E-state index contributed by atoms with van der Waals surface area (Å²) in [6.07, 6.45) is 0.947. The van der Waals surface area contributed by atoms with E-state index in [-0.39, 0.29) is 0 Å². The summed E-state index contributed by atoms with van der Waals surface area (Å²) in [6.45, 7) is 1.98. The van der Waals surface area contributed by atoms with Gasteiger partial charge in [-0.05, 0) is 30.0 Å². The highest BCUT2D eigenvalue weighted by molar-refractivity contribution is 5.87. The van der Waals surface area contributed by atoms with E-state index in [0.29, 0.717) is 0 Å². The summed E-state index contributed by atoms with van der Waals surface area (Å²) >= 11 is 0. The molecule has 4 rings (SSSR count). The Kier molecular flexibility index (Phi) is 2.12. The van der Waals surface area contributed by atoms with Crippen LogP contribution in [-0.4, -0.2) is 5.16 Å². The lowest BCUT2D eigenvalue weighted by Crippen LogP contribution is -1.90. The molecule has 0 unspecified atom stereocenters. The highest BCUT2D eigenvalue weighted by Gasteiger charge is 2.23. The number of rotatable bonds is 0. The maximum absolute atomic E-state index is 5.44. The Balaban J connectivity index is 2.14. The Bertz CT molecular complexity index is 770. The van der Waals surface area contributed by atoms with Crippen LogP contribution in [0.2, 0.25) is 0 Å². The summed E-state index contributed by atoms with van der Waals surface area (Å²) in [5, 5.41) is 4.28. The van der Waals surface area contributed by atoms with Crippen molar-refractivity contribution in [2.75, 3.05) is 0 Å². The molecule has 0 aliphatic heterocycles. The second-order valence-electron chi connectivity index (χ2n) is 4.95. The van der Waals surface area contributed by atoms with E-state index in [1.54, 1.807) is 0 Å². The first-order chi connectivity index (χ1) is 9.34. The number of aromatic nitrogens is 1. The molecule has 1 aromatic heterocycles. The van der Waals surface area contributed by atoms with Crippen LogP contribution in [0, 0.1) is 6.92 Å². The third-order valence-corrected chi connectivity index (χ3v) is 3.80. The molecule has 0 spiro atoms. The van der Waals surface area contributed by atoms with Crippen LogP contribution in [0.3, 0.4) is 0 Å². The van der Waals surface area contributed by atoms with E-state index in [1.807, 2.05) is 6.92 Å². The smallest absolute Gasteiger partial charge is 0.142 e. The van der Waals surface area contributed by atoms with Gasteiger partial charge in [0.2, 0.25) is 0 Å². The largest absolute Gasteiger partial charge is 0.360 e. The van der Waals surface area contributed by atoms with E-state index >= 15 is 0 Å². The lowest BCUT2D eigenvalue weighted by atomic mass is 9.98. The van der Waals surface area contributed by atoms with Gasteiger partial charge in [-0.15, -0.1) is 0 Å². The molecule has 2 nitrogen and oxygen atoms in total. The highest BCUT2D eigenvalue weighted by Crippen LogP contribution is 2.41. The summed E-state index contributed by atoms with van der Waals surface area (Å²) in [6, 6.07) is 17.0. The van der Waals surface area contributed by atoms with Crippen LogP contribution in [0.15, 0.2) is 53.1 Å². The third-order valence-electron chi connectivity index (χ3n) is 3.80. The van der Waals surface area contributed by atoms with Crippen molar-refractivity contribution in [3.8, 4) is 22.4 Å². The van der Waals surface area contributed by atoms with Crippen molar-refractivity contribution in [2.45, 2.75) is 13.3 Å². The fourth-order valence-electron chi connectivity index (χ4n) is 2.90. The summed E-state index contributed by atoms with van der Waals surface area (Å²) in [7, 11) is 0. The summed E-state index contributed by atoms with van der Waals surface area (Å²) in [5.41, 5.74) is 7.18. The molecular formula is C17H13NO. The molecule has 92 valence electrons. The van der Waals surface area contributed by atoms with Crippen LogP contribution < -0.4 is 0 Å². The van der Waals surface area contributed by atoms with Crippen LogP contribution in [0.4, 0.5) is 0 Å². The SMILES string of the molecule is Cc1onc2c1-c1ccccc1Cc1ccccc1-2. The minimum atomic E-state index is 0.888. The van der Waals surface area contributed by atoms with Gasteiger partial charge < -0.3 is 4.52 Å². The normalized spacial score (nSPS) is 12.3. The lowest BCUT2D eigenvalue weighted by molar-refractivity contribution is 0.400. The van der Waals surface area contributed by atoms with Crippen molar-refractivity contribution < 1.29 is 4.52 Å². The van der Waals surface area contributed by atoms with Crippen LogP contribution in [0.1, 0.15) is 16.9 Å². The first-order valence-electron chi connectivity index (χ1n) is 6.47. The first kappa shape index (κ1) is 10.6. The highest BCUT2D eigenvalue weighted by atomic mass is 16.5. The van der Waals surface area contributed by atoms with Crippen LogP contribution in [0.25, 0.3) is 22.4 Å². The number of nitrogens with zero attached hydrogens (tertiary/aromatic N) is 1. The van der Waals surface area contributed by atoms with E-state index in [9.17, 15) is 0 Å². The Morgan fingerprint density at radius 2 is 1.53 bits per heavy atom. The first-order valence-corrected chi connectivity index (χ1v) is 6.47. The standard InChI is InChI=1S/C17H13NO/c1-11-16-14-8-4-2-6-12(14)10-13-7-3-5-9-15(13)17(16)18-19-11/h2-9H,10H2,1H3. The van der Waals surface area contributed by atoms with Gasteiger partial charge >= 0.3 is 0 Å². The third kappa shape index (κ3) is 1.46. The fourth-order valence-corrected chi connectivity index (χ4v) is 2.90. The Hall–Kier alpha value is -2.35. The molecule has 1 aliphatic rings. The Morgan fingerprint density at radius 3 is 2.32 bits per heavy atom. The average molecular weight is 247 g/mol. The zero-order chi connectivity index (χ0) is 12.8. The molecule has 1 aliphatic carbocycles. The van der Waals surface area contributed by atoms with E-state index in [0.717, 1.165) is 23.4 Å². The predicted molar refractivity (Wildman–Crippen MR) is 74.9 cm³/mol. The van der Waals surface area contributed by atoms with Gasteiger partial charge in [0, 0.05) is 5.56 Å². The number of hydrogen-bond donors (Lipinski definition) is 0. The van der Waals surface area contributed by atoms with E-state index in [4.69, 9.17) is 4.52 Å². The van der Waals surface area contributed by atoms with Crippen molar-refractivity contribution in [2.24, 2.45) is 0 Å². The molecule has 0 amide bonds. The van der Waals surface area contributed by atoms with E-state index in [2.05, 4.69) is 53.7 Å². The summed E-state index contributed by atoms with van der Waals surface area (Å²) < 4.78 is 5.44. The average Bonchev–Trinajstić information content (AvgIpc) is 2.75. The number of hydrogen-bond acceptors (Lipinski definition) is 2. The molecule has 0 fully saturated rings. The molecule has 2 aromatic carbocycles. The maximum atomic E-state index is 5.44. The monoisotopic (exact) mass is 247 g/mol. The van der Waals surface area contributed by atoms with Crippen molar-refractivity contribution in [3.05, 3.63) is 65.4 Å². The second kappa shape index (κ2) is 3.82.